The van der Waals surface area contributed by atoms with Crippen molar-refractivity contribution in [2.24, 2.45) is 16.3 Å². The molecule has 0 aromatic heterocycles. The molecule has 0 radical (unpaired) electrons. The molecule has 4 N–H and O–H groups in total. The normalized spacial score (nSPS) is 17.4. The van der Waals surface area contributed by atoms with Crippen LogP contribution in [0.4, 0.5) is 26.2 Å². The molecule has 1 atom stereocenters. The first-order valence-electron chi connectivity index (χ1n) is 13.1. The molecule has 39 heavy (non-hydrogen) atoms. The van der Waals surface area contributed by atoms with Gasteiger partial charge in [0.1, 0.15) is 5.83 Å². The van der Waals surface area contributed by atoms with Crippen LogP contribution in [-0.4, -0.2) is 48.7 Å². The van der Waals surface area contributed by atoms with Crippen molar-refractivity contribution in [2.45, 2.75) is 52.9 Å². The van der Waals surface area contributed by atoms with Crippen LogP contribution in [0.1, 0.15) is 52.9 Å². The van der Waals surface area contributed by atoms with Crippen LogP contribution in [-0.2, 0) is 9.59 Å². The van der Waals surface area contributed by atoms with Gasteiger partial charge in [-0.05, 0) is 49.0 Å². The van der Waals surface area contributed by atoms with E-state index >= 15 is 0 Å². The van der Waals surface area contributed by atoms with Crippen LogP contribution in [0.5, 0.6) is 0 Å². The Bertz CT molecular complexity index is 1210. The highest BCUT2D eigenvalue weighted by Crippen LogP contribution is 2.29. The minimum atomic E-state index is -0.691. The van der Waals surface area contributed by atoms with Gasteiger partial charge in [0.25, 0.3) is 0 Å². The van der Waals surface area contributed by atoms with E-state index in [-0.39, 0.29) is 22.9 Å². The second-order valence-electron chi connectivity index (χ2n) is 10.7. The van der Waals surface area contributed by atoms with Crippen molar-refractivity contribution in [2.75, 3.05) is 30.3 Å². The van der Waals surface area contributed by atoms with Crippen molar-refractivity contribution >= 4 is 41.2 Å². The number of hydrogen-bond donors (Lipinski definition) is 4. The van der Waals surface area contributed by atoms with Crippen LogP contribution in [0.25, 0.3) is 0 Å². The van der Waals surface area contributed by atoms with Gasteiger partial charge < -0.3 is 20.9 Å². The summed E-state index contributed by atoms with van der Waals surface area (Å²) in [4.78, 5) is 42.7. The van der Waals surface area contributed by atoms with Crippen molar-refractivity contribution in [3.05, 3.63) is 41.9 Å². The summed E-state index contributed by atoms with van der Waals surface area (Å²) in [7, 11) is 0. The van der Waals surface area contributed by atoms with Crippen LogP contribution in [0.3, 0.4) is 0 Å². The molecule has 1 unspecified atom stereocenters. The van der Waals surface area contributed by atoms with Gasteiger partial charge in [0.2, 0.25) is 11.8 Å². The lowest BCUT2D eigenvalue weighted by molar-refractivity contribution is -0.127. The summed E-state index contributed by atoms with van der Waals surface area (Å²) in [6.07, 6.45) is 6.72. The SMILES string of the molecule is CC(C)(C)CC(=O)Nc1ccc(NCCCN2CCCC2=O)c(N=CNC(=O)NC2=CCC(C#N)C=C2F)c1. The van der Waals surface area contributed by atoms with Crippen molar-refractivity contribution in [1.82, 2.24) is 15.5 Å². The number of likely N-dealkylation sites (tertiary alicyclic amines) is 1. The second kappa shape index (κ2) is 13.6. The highest BCUT2D eigenvalue weighted by molar-refractivity contribution is 5.93. The van der Waals surface area contributed by atoms with Crippen LogP contribution in [0, 0.1) is 22.7 Å². The van der Waals surface area contributed by atoms with E-state index in [0.29, 0.717) is 49.4 Å². The number of halogens is 1. The Balaban J connectivity index is 1.64. The minimum absolute atomic E-state index is 0.00482. The molecule has 1 saturated heterocycles. The summed E-state index contributed by atoms with van der Waals surface area (Å²) in [5.74, 6) is -1.16. The fourth-order valence-electron chi connectivity index (χ4n) is 4.18. The topological polar surface area (TPSA) is 139 Å². The lowest BCUT2D eigenvalue weighted by atomic mass is 9.92. The minimum Gasteiger partial charge on any atom is -0.383 e. The molecule has 3 rings (SSSR count). The zero-order valence-electron chi connectivity index (χ0n) is 22.6. The number of carbonyl (C=O) groups is 3. The monoisotopic (exact) mass is 537 g/mol. The molecular weight excluding hydrogens is 501 g/mol. The highest BCUT2D eigenvalue weighted by atomic mass is 19.1. The first-order chi connectivity index (χ1) is 18.5. The van der Waals surface area contributed by atoms with Gasteiger partial charge in [0, 0.05) is 38.2 Å². The maximum Gasteiger partial charge on any atom is 0.324 e. The molecule has 1 aliphatic heterocycles. The maximum absolute atomic E-state index is 14.1. The predicted molar refractivity (Wildman–Crippen MR) is 149 cm³/mol. The molecule has 1 aliphatic carbocycles. The van der Waals surface area contributed by atoms with Crippen LogP contribution in [0.15, 0.2) is 46.9 Å². The number of nitrogens with zero attached hydrogens (tertiary/aromatic N) is 3. The van der Waals surface area contributed by atoms with E-state index < -0.39 is 17.8 Å². The molecule has 2 aliphatic rings. The Hall–Kier alpha value is -4.20. The van der Waals surface area contributed by atoms with Gasteiger partial charge in [-0.15, -0.1) is 0 Å². The molecule has 1 fully saturated rings. The Morgan fingerprint density at radius 1 is 1.28 bits per heavy atom. The number of allylic oxidation sites excluding steroid dienone is 3. The molecule has 208 valence electrons. The summed E-state index contributed by atoms with van der Waals surface area (Å²) < 4.78 is 14.1. The van der Waals surface area contributed by atoms with E-state index in [1.807, 2.05) is 31.7 Å². The molecule has 0 spiro atoms. The van der Waals surface area contributed by atoms with Crippen molar-refractivity contribution < 1.29 is 18.8 Å². The Labute approximate surface area is 228 Å². The lowest BCUT2D eigenvalue weighted by Gasteiger charge is -2.18. The summed E-state index contributed by atoms with van der Waals surface area (Å²) in [5, 5.41) is 20.0. The quantitative estimate of drug-likeness (QED) is 0.194. The third-order valence-corrected chi connectivity index (χ3v) is 6.06. The molecule has 1 aromatic rings. The number of carbonyl (C=O) groups excluding carboxylic acids is 3. The van der Waals surface area contributed by atoms with Gasteiger partial charge in [-0.3, -0.25) is 14.9 Å². The number of nitriles is 1. The number of amides is 4. The number of rotatable bonds is 10. The average molecular weight is 538 g/mol. The number of aliphatic imine (C=N–C) groups is 1. The van der Waals surface area contributed by atoms with Gasteiger partial charge in [0.15, 0.2) is 0 Å². The zero-order chi connectivity index (χ0) is 28.4. The summed E-state index contributed by atoms with van der Waals surface area (Å²) in [6, 6.07) is 6.53. The summed E-state index contributed by atoms with van der Waals surface area (Å²) in [5.41, 5.74) is 1.54. The van der Waals surface area contributed by atoms with Gasteiger partial charge >= 0.3 is 6.03 Å². The number of hydrogen-bond acceptors (Lipinski definition) is 6. The summed E-state index contributed by atoms with van der Waals surface area (Å²) in [6.45, 7) is 8.00. The van der Waals surface area contributed by atoms with Gasteiger partial charge in [-0.25, -0.2) is 14.2 Å². The molecule has 10 nitrogen and oxygen atoms in total. The molecular formula is C28H36FN7O3. The maximum atomic E-state index is 14.1. The molecule has 0 bridgehead atoms. The van der Waals surface area contributed by atoms with E-state index in [0.717, 1.165) is 19.4 Å². The number of nitrogens with one attached hydrogen (secondary N) is 4. The Kier molecular flexibility index (Phi) is 10.2. The van der Waals surface area contributed by atoms with Gasteiger partial charge in [-0.2, -0.15) is 5.26 Å². The molecule has 4 amide bonds. The van der Waals surface area contributed by atoms with Crippen LogP contribution >= 0.6 is 0 Å². The highest BCUT2D eigenvalue weighted by Gasteiger charge is 2.20. The largest absolute Gasteiger partial charge is 0.383 e. The van der Waals surface area contributed by atoms with E-state index in [2.05, 4.69) is 26.3 Å². The van der Waals surface area contributed by atoms with E-state index in [9.17, 15) is 18.8 Å². The fourth-order valence-corrected chi connectivity index (χ4v) is 4.18. The standard InChI is InChI=1S/C28H36FN7O3/c1-28(2,3)16-25(37)34-20-8-10-23(31-11-5-13-36-12-4-6-26(36)38)24(15-20)32-18-33-27(39)35-22-9-7-19(17-30)14-21(22)29/h8-10,14-15,18-19,31H,4-7,11-13,16H2,1-3H3,(H,34,37)(H2,32,33,35,39). The second-order valence-corrected chi connectivity index (χ2v) is 10.7. The lowest BCUT2D eigenvalue weighted by Crippen LogP contribution is -2.34. The number of anilines is 2. The van der Waals surface area contributed by atoms with Crippen LogP contribution < -0.4 is 21.3 Å². The first kappa shape index (κ1) is 29.4. The summed E-state index contributed by atoms with van der Waals surface area (Å²) >= 11 is 0. The van der Waals surface area contributed by atoms with E-state index in [1.165, 1.54) is 18.5 Å². The van der Waals surface area contributed by atoms with Crippen LogP contribution in [0.2, 0.25) is 0 Å². The first-order valence-corrected chi connectivity index (χ1v) is 13.1. The van der Waals surface area contributed by atoms with Crippen molar-refractivity contribution in [1.29, 1.82) is 5.26 Å². The van der Waals surface area contributed by atoms with Gasteiger partial charge in [0.05, 0.1) is 35.4 Å². The Morgan fingerprint density at radius 2 is 2.08 bits per heavy atom. The molecule has 0 saturated carbocycles. The van der Waals surface area contributed by atoms with Crippen molar-refractivity contribution in [3.63, 3.8) is 0 Å². The predicted octanol–water partition coefficient (Wildman–Crippen LogP) is 4.73. The van der Waals surface area contributed by atoms with Crippen molar-refractivity contribution in [3.8, 4) is 6.07 Å². The fraction of sp³-hybridized carbons (Fsp3) is 0.464. The third-order valence-electron chi connectivity index (χ3n) is 6.06. The number of urea groups is 1. The van der Waals surface area contributed by atoms with E-state index in [4.69, 9.17) is 5.26 Å². The zero-order valence-corrected chi connectivity index (χ0v) is 22.6. The molecule has 11 heteroatoms. The number of benzene rings is 1. The molecule has 1 heterocycles. The van der Waals surface area contributed by atoms with Gasteiger partial charge in [-0.1, -0.05) is 26.8 Å². The molecule has 1 aromatic carbocycles. The third kappa shape index (κ3) is 9.56. The smallest absolute Gasteiger partial charge is 0.324 e. The van der Waals surface area contributed by atoms with E-state index in [1.54, 1.807) is 18.2 Å². The average Bonchev–Trinajstić information content (AvgIpc) is 3.27. The Morgan fingerprint density at radius 3 is 2.74 bits per heavy atom.